The lowest BCUT2D eigenvalue weighted by Crippen LogP contribution is -2.35. The van der Waals surface area contributed by atoms with Crippen molar-refractivity contribution in [3.05, 3.63) is 77.7 Å². The van der Waals surface area contributed by atoms with Crippen LogP contribution in [0, 0.1) is 0 Å². The summed E-state index contributed by atoms with van der Waals surface area (Å²) >= 11 is 3.35. The molecule has 0 fully saturated rings. The van der Waals surface area contributed by atoms with Crippen LogP contribution in [-0.4, -0.2) is 61.2 Å². The highest BCUT2D eigenvalue weighted by atomic mass is 127. The number of rotatable bonds is 9. The first kappa shape index (κ1) is 34.1. The Balaban J connectivity index is 0.00000156. The zero-order chi connectivity index (χ0) is 27.3. The SMILES string of the molecule is CC.CCC(CCO)NC(=O)c1cc(C(O)c2ccc(OC)nc2)ccccccn1.CSB(O)I. The van der Waals surface area contributed by atoms with Gasteiger partial charge in [-0.25, -0.2) is 4.98 Å². The summed E-state index contributed by atoms with van der Waals surface area (Å²) < 4.78 is 4.82. The lowest BCUT2D eigenvalue weighted by molar-refractivity contribution is 0.0924. The van der Waals surface area contributed by atoms with Gasteiger partial charge in [0.1, 0.15) is 11.8 Å². The van der Waals surface area contributed by atoms with Gasteiger partial charge in [0.05, 0.1) is 7.11 Å². The lowest BCUT2D eigenvalue weighted by atomic mass is 10.0. The molecule has 4 N–H and O–H groups in total. The minimum absolute atomic E-state index is 0.0109. The number of nitrogens with one attached hydrogen (secondary N) is 1. The van der Waals surface area contributed by atoms with Crippen LogP contribution in [0.2, 0.25) is 0 Å². The van der Waals surface area contributed by atoms with Crippen molar-refractivity contribution in [1.82, 2.24) is 15.3 Å². The van der Waals surface area contributed by atoms with Gasteiger partial charge >= 0.3 is 4.05 Å². The van der Waals surface area contributed by atoms with Gasteiger partial charge in [-0.1, -0.05) is 67.4 Å². The van der Waals surface area contributed by atoms with E-state index in [9.17, 15) is 9.90 Å². The summed E-state index contributed by atoms with van der Waals surface area (Å²) in [5.74, 6) is 0.0751. The molecule has 0 saturated carbocycles. The van der Waals surface area contributed by atoms with E-state index in [-0.39, 0.29) is 28.3 Å². The molecule has 1 amide bonds. The number of nitrogens with zero attached hydrogens (tertiary/aromatic N) is 2. The smallest absolute Gasteiger partial charge is 0.432 e. The molecule has 36 heavy (non-hydrogen) atoms. The summed E-state index contributed by atoms with van der Waals surface area (Å²) in [7, 11) is 1.52. The maximum absolute atomic E-state index is 12.7. The molecule has 0 bridgehead atoms. The monoisotopic (exact) mass is 629 g/mol. The average molecular weight is 629 g/mol. The van der Waals surface area contributed by atoms with Gasteiger partial charge in [-0.05, 0) is 42.9 Å². The normalized spacial score (nSPS) is 11.2. The van der Waals surface area contributed by atoms with E-state index in [1.165, 1.54) is 31.1 Å². The van der Waals surface area contributed by atoms with Crippen LogP contribution in [0.15, 0.2) is 60.9 Å². The van der Waals surface area contributed by atoms with E-state index in [0.717, 1.165) is 0 Å². The predicted molar refractivity (Wildman–Crippen MR) is 157 cm³/mol. The topological polar surface area (TPSA) is 125 Å². The summed E-state index contributed by atoms with van der Waals surface area (Å²) in [5, 5.41) is 31.2. The number of methoxy groups -OCH3 is 1. The van der Waals surface area contributed by atoms with Crippen LogP contribution in [-0.2, 0) is 0 Å². The van der Waals surface area contributed by atoms with Gasteiger partial charge < -0.3 is 25.3 Å². The van der Waals surface area contributed by atoms with Crippen molar-refractivity contribution in [2.24, 2.45) is 0 Å². The average Bonchev–Trinajstić information content (AvgIpc) is 2.92. The number of aliphatic hydroxyl groups excluding tert-OH is 2. The molecule has 2 aromatic heterocycles. The van der Waals surface area contributed by atoms with Crippen LogP contribution in [0.25, 0.3) is 0 Å². The van der Waals surface area contributed by atoms with E-state index < -0.39 is 6.10 Å². The summed E-state index contributed by atoms with van der Waals surface area (Å²) in [6.07, 6.45) is 5.06. The summed E-state index contributed by atoms with van der Waals surface area (Å²) in [6, 6.07) is 13.6. The quantitative estimate of drug-likeness (QED) is 0.238. The zero-order valence-electron chi connectivity index (χ0n) is 21.5. The molecule has 2 rings (SSSR count). The van der Waals surface area contributed by atoms with Crippen LogP contribution in [0.4, 0.5) is 0 Å². The van der Waals surface area contributed by atoms with Crippen LogP contribution in [0.3, 0.4) is 0 Å². The third-order valence-corrected chi connectivity index (χ3v) is 6.47. The van der Waals surface area contributed by atoms with E-state index in [1.807, 2.05) is 49.4 Å². The predicted octanol–water partition coefficient (Wildman–Crippen LogP) is 4.37. The molecule has 0 aromatic carbocycles. The zero-order valence-corrected chi connectivity index (χ0v) is 24.4. The second kappa shape index (κ2) is 21.2. The largest absolute Gasteiger partial charge is 0.481 e. The van der Waals surface area contributed by atoms with E-state index in [0.29, 0.717) is 29.8 Å². The molecule has 0 radical (unpaired) electrons. The Kier molecular flexibility index (Phi) is 20.1. The molecule has 0 aliphatic heterocycles. The Morgan fingerprint density at radius 3 is 2.36 bits per heavy atom. The molecule has 8 nitrogen and oxygen atoms in total. The Morgan fingerprint density at radius 2 is 1.83 bits per heavy atom. The van der Waals surface area contributed by atoms with Gasteiger partial charge in [0.2, 0.25) is 5.88 Å². The molecule has 2 atom stereocenters. The number of ether oxygens (including phenoxy) is 1. The molecule has 0 aliphatic rings. The van der Waals surface area contributed by atoms with Crippen molar-refractivity contribution in [2.45, 2.75) is 45.8 Å². The standard InChI is InChI=1S/C22H27N3O4.C2H6.CH4BIOS/c1-3-18(11-13-26)25-22(28)19-14-16(8-6-4-5-7-12-23-19)21(27)17-9-10-20(29-2)24-15-17;1-2;1-5-2(3)4/h4-10,12,14-15,18,21,26-27H,3,11,13H2,1-2H3,(H,25,28);1-2H3;4H,1H3. The number of carbonyl (C=O) groups excluding carboxylic acids is 1. The number of amides is 1. The molecule has 2 unspecified atom stereocenters. The number of hydrogen-bond acceptors (Lipinski definition) is 8. The maximum Gasteiger partial charge on any atom is 0.432 e. The van der Waals surface area contributed by atoms with Crippen molar-refractivity contribution in [3.63, 3.8) is 0 Å². The molecular weight excluding hydrogens is 592 g/mol. The molecule has 198 valence electrons. The van der Waals surface area contributed by atoms with E-state index in [2.05, 4.69) is 15.3 Å². The van der Waals surface area contributed by atoms with Crippen molar-refractivity contribution < 1.29 is 24.8 Å². The molecule has 0 spiro atoms. The first-order valence-corrected chi connectivity index (χ1v) is 14.1. The lowest BCUT2D eigenvalue weighted by Gasteiger charge is -2.15. The molecule has 0 aliphatic carbocycles. The van der Waals surface area contributed by atoms with Gasteiger partial charge in [-0.2, -0.15) is 11.6 Å². The summed E-state index contributed by atoms with van der Waals surface area (Å²) in [4.78, 5) is 21.1. The Hall–Kier alpha value is -1.93. The van der Waals surface area contributed by atoms with E-state index >= 15 is 0 Å². The minimum atomic E-state index is -1.00. The maximum atomic E-state index is 12.7. The van der Waals surface area contributed by atoms with Crippen LogP contribution in [0.5, 0.6) is 5.88 Å². The van der Waals surface area contributed by atoms with Crippen molar-refractivity contribution >= 4 is 43.9 Å². The fourth-order valence-electron chi connectivity index (χ4n) is 2.67. The highest BCUT2D eigenvalue weighted by Gasteiger charge is 2.15. The summed E-state index contributed by atoms with van der Waals surface area (Å²) in [5.41, 5.74) is 1.21. The third-order valence-electron chi connectivity index (χ3n) is 4.56. The number of aromatic nitrogens is 2. The van der Waals surface area contributed by atoms with Gasteiger partial charge in [0.15, 0.2) is 0 Å². The minimum Gasteiger partial charge on any atom is -0.481 e. The second-order valence-corrected chi connectivity index (χ2v) is 9.84. The fourth-order valence-corrected chi connectivity index (χ4v) is 2.67. The number of carbonyl (C=O) groups is 1. The third kappa shape index (κ3) is 14.0. The van der Waals surface area contributed by atoms with Crippen molar-refractivity contribution in [2.75, 3.05) is 20.0 Å². The van der Waals surface area contributed by atoms with E-state index in [4.69, 9.17) is 14.9 Å². The highest BCUT2D eigenvalue weighted by molar-refractivity contribution is 14.1. The molecule has 0 saturated heterocycles. The van der Waals surface area contributed by atoms with Crippen LogP contribution < -0.4 is 10.1 Å². The number of hydrogen-bond donors (Lipinski definition) is 4. The summed E-state index contributed by atoms with van der Waals surface area (Å²) in [6.45, 7) is 5.92. The molecule has 2 heterocycles. The first-order chi connectivity index (χ1) is 17.4. The van der Waals surface area contributed by atoms with Crippen LogP contribution >= 0.6 is 34.0 Å². The fraction of sp³-hybridized carbons (Fsp3) is 0.400. The molecule has 11 heteroatoms. The molecule has 2 aromatic rings. The first-order valence-electron chi connectivity index (χ1n) is 11.6. The van der Waals surface area contributed by atoms with Gasteiger partial charge in [-0.15, -0.1) is 0 Å². The van der Waals surface area contributed by atoms with Crippen molar-refractivity contribution in [3.8, 4) is 5.88 Å². The number of pyridine rings is 1. The van der Waals surface area contributed by atoms with Crippen LogP contribution in [0.1, 0.15) is 61.3 Å². The Labute approximate surface area is 232 Å². The number of aliphatic hydroxyl groups is 2. The van der Waals surface area contributed by atoms with E-state index in [1.54, 1.807) is 48.5 Å². The van der Waals surface area contributed by atoms with Gasteiger partial charge in [-0.3, -0.25) is 9.78 Å². The second-order valence-electron chi connectivity index (χ2n) is 6.90. The number of halogens is 1. The van der Waals surface area contributed by atoms with Crippen molar-refractivity contribution in [1.29, 1.82) is 0 Å². The Bertz CT molecular complexity index is 924. The molecular formula is C25H37BIN3O5S. The highest BCUT2D eigenvalue weighted by Crippen LogP contribution is 2.22. The van der Waals surface area contributed by atoms with Gasteiger partial charge in [0, 0.05) is 36.7 Å². The van der Waals surface area contributed by atoms with Gasteiger partial charge in [0.25, 0.3) is 5.91 Å². The Morgan fingerprint density at radius 1 is 1.17 bits per heavy atom.